The molecule has 0 atom stereocenters. The zero-order valence-electron chi connectivity index (χ0n) is 10.6. The molecule has 1 aliphatic heterocycles. The van der Waals surface area contributed by atoms with E-state index >= 15 is 0 Å². The fraction of sp³-hybridized carbons (Fsp3) is 0.0667. The average Bonchev–Trinajstić information content (AvgIpc) is 2.83. The van der Waals surface area contributed by atoms with Gasteiger partial charge in [0.2, 0.25) is 0 Å². The molecule has 0 saturated carbocycles. The van der Waals surface area contributed by atoms with E-state index in [-0.39, 0.29) is 5.56 Å². The van der Waals surface area contributed by atoms with Gasteiger partial charge in [-0.05, 0) is 40.5 Å². The fourth-order valence-corrected chi connectivity index (χ4v) is 3.35. The van der Waals surface area contributed by atoms with Crippen LogP contribution in [0.15, 0.2) is 39.6 Å². The minimum atomic E-state index is -0.197. The first-order chi connectivity index (χ1) is 9.66. The third kappa shape index (κ3) is 1.41. The Morgan fingerprint density at radius 3 is 2.60 bits per heavy atom. The van der Waals surface area contributed by atoms with E-state index < -0.39 is 0 Å². The summed E-state index contributed by atoms with van der Waals surface area (Å²) < 4.78 is 0.957. The van der Waals surface area contributed by atoms with Crippen molar-refractivity contribution in [3.8, 4) is 0 Å². The summed E-state index contributed by atoms with van der Waals surface area (Å²) in [5.74, 6) is 0. The highest BCUT2D eigenvalue weighted by Crippen LogP contribution is 2.42. The SMILES string of the molecule is Cc1cc(Br)c2c3c(c4ccccc4c(=O)nc13)NN2. The number of fused-ring (bicyclic) bond motifs is 2. The fourth-order valence-electron chi connectivity index (χ4n) is 2.71. The Labute approximate surface area is 122 Å². The normalized spacial score (nSPS) is 12.5. The molecule has 0 spiro atoms. The van der Waals surface area contributed by atoms with Crippen molar-refractivity contribution in [3.63, 3.8) is 0 Å². The summed E-state index contributed by atoms with van der Waals surface area (Å²) in [7, 11) is 0. The van der Waals surface area contributed by atoms with E-state index in [1.165, 1.54) is 0 Å². The number of rotatable bonds is 0. The Balaban J connectivity index is 2.43. The summed E-state index contributed by atoms with van der Waals surface area (Å²) in [5, 5.41) is 2.45. The molecule has 0 unspecified atom stereocenters. The zero-order valence-corrected chi connectivity index (χ0v) is 12.2. The number of benzene rings is 2. The molecule has 0 bridgehead atoms. The topological polar surface area (TPSA) is 54.0 Å². The molecule has 2 aromatic carbocycles. The number of halogens is 1. The van der Waals surface area contributed by atoms with Crippen LogP contribution in [0, 0.1) is 6.92 Å². The number of aryl methyl sites for hydroxylation is 1. The summed E-state index contributed by atoms with van der Waals surface area (Å²) in [6, 6.07) is 9.50. The van der Waals surface area contributed by atoms with Gasteiger partial charge < -0.3 is 0 Å². The van der Waals surface area contributed by atoms with Gasteiger partial charge >= 0.3 is 0 Å². The highest BCUT2D eigenvalue weighted by molar-refractivity contribution is 9.10. The van der Waals surface area contributed by atoms with Crippen LogP contribution in [0.25, 0.3) is 21.7 Å². The second kappa shape index (κ2) is 3.93. The Morgan fingerprint density at radius 2 is 1.80 bits per heavy atom. The first kappa shape index (κ1) is 11.7. The van der Waals surface area contributed by atoms with E-state index in [1.807, 2.05) is 37.3 Å². The van der Waals surface area contributed by atoms with Gasteiger partial charge in [0.15, 0.2) is 0 Å². The quantitative estimate of drug-likeness (QED) is 0.662. The second-order valence-corrected chi connectivity index (χ2v) is 5.72. The molecule has 5 heteroatoms. The Bertz CT molecular complexity index is 953. The van der Waals surface area contributed by atoms with Gasteiger partial charge in [-0.2, -0.15) is 0 Å². The van der Waals surface area contributed by atoms with Crippen molar-refractivity contribution >= 4 is 49.0 Å². The molecule has 0 fully saturated rings. The summed E-state index contributed by atoms with van der Waals surface area (Å²) in [6.45, 7) is 1.96. The molecule has 4 rings (SSSR count). The van der Waals surface area contributed by atoms with Crippen LogP contribution < -0.4 is 16.4 Å². The number of hydrazine groups is 1. The lowest BCUT2D eigenvalue weighted by Crippen LogP contribution is -2.05. The molecule has 1 aromatic heterocycles. The van der Waals surface area contributed by atoms with Gasteiger partial charge in [-0.1, -0.05) is 18.2 Å². The van der Waals surface area contributed by atoms with Crippen molar-refractivity contribution in [3.05, 3.63) is 50.7 Å². The molecule has 2 N–H and O–H groups in total. The molecular weight excluding hydrogens is 318 g/mol. The van der Waals surface area contributed by atoms with Crippen LogP contribution in [-0.4, -0.2) is 4.98 Å². The molecule has 2 heterocycles. The molecular formula is C15H10BrN3O. The van der Waals surface area contributed by atoms with Crippen LogP contribution in [-0.2, 0) is 0 Å². The lowest BCUT2D eigenvalue weighted by molar-refractivity contribution is 1.32. The molecule has 4 nitrogen and oxygen atoms in total. The van der Waals surface area contributed by atoms with Gasteiger partial charge in [0.25, 0.3) is 5.56 Å². The summed E-state index contributed by atoms with van der Waals surface area (Å²) >= 11 is 3.55. The number of hydrogen-bond acceptors (Lipinski definition) is 4. The van der Waals surface area contributed by atoms with Crippen LogP contribution >= 0.6 is 15.9 Å². The van der Waals surface area contributed by atoms with Crippen molar-refractivity contribution in [2.24, 2.45) is 0 Å². The first-order valence-electron chi connectivity index (χ1n) is 6.25. The lowest BCUT2D eigenvalue weighted by Gasteiger charge is -2.03. The van der Waals surface area contributed by atoms with Gasteiger partial charge in [0, 0.05) is 9.86 Å². The number of hydrogen-bond donors (Lipinski definition) is 2. The Hall–Kier alpha value is -2.14. The summed E-state index contributed by atoms with van der Waals surface area (Å²) in [6.07, 6.45) is 0. The Morgan fingerprint density at radius 1 is 1.10 bits per heavy atom. The average molecular weight is 328 g/mol. The third-order valence-corrected chi connectivity index (χ3v) is 4.27. The molecule has 20 heavy (non-hydrogen) atoms. The largest absolute Gasteiger partial charge is 0.299 e. The molecule has 0 aliphatic carbocycles. The van der Waals surface area contributed by atoms with Crippen LogP contribution in [0.3, 0.4) is 0 Å². The van der Waals surface area contributed by atoms with Crippen molar-refractivity contribution < 1.29 is 0 Å². The monoisotopic (exact) mass is 327 g/mol. The molecule has 0 radical (unpaired) electrons. The van der Waals surface area contributed by atoms with Crippen LogP contribution in [0.2, 0.25) is 0 Å². The maximum Gasteiger partial charge on any atom is 0.278 e. The highest BCUT2D eigenvalue weighted by atomic mass is 79.9. The van der Waals surface area contributed by atoms with Gasteiger partial charge in [-0.25, -0.2) is 4.98 Å². The zero-order chi connectivity index (χ0) is 13.9. The van der Waals surface area contributed by atoms with E-state index in [0.717, 1.165) is 37.7 Å². The highest BCUT2D eigenvalue weighted by Gasteiger charge is 2.21. The van der Waals surface area contributed by atoms with E-state index in [1.54, 1.807) is 0 Å². The molecule has 1 aliphatic rings. The van der Waals surface area contributed by atoms with Gasteiger partial charge in [0.05, 0.1) is 27.7 Å². The van der Waals surface area contributed by atoms with Crippen LogP contribution in [0.5, 0.6) is 0 Å². The van der Waals surface area contributed by atoms with Gasteiger partial charge in [-0.15, -0.1) is 0 Å². The predicted octanol–water partition coefficient (Wildman–Crippen LogP) is 3.57. The van der Waals surface area contributed by atoms with Gasteiger partial charge in [0.1, 0.15) is 0 Å². The molecule has 0 amide bonds. The third-order valence-electron chi connectivity index (χ3n) is 3.65. The minimum Gasteiger partial charge on any atom is -0.299 e. The van der Waals surface area contributed by atoms with Gasteiger partial charge in [-0.3, -0.25) is 15.6 Å². The predicted molar refractivity (Wildman–Crippen MR) is 85.2 cm³/mol. The van der Waals surface area contributed by atoms with E-state index in [0.29, 0.717) is 5.39 Å². The van der Waals surface area contributed by atoms with Crippen LogP contribution in [0.4, 0.5) is 11.4 Å². The number of aromatic nitrogens is 1. The van der Waals surface area contributed by atoms with Crippen molar-refractivity contribution in [1.29, 1.82) is 0 Å². The lowest BCUT2D eigenvalue weighted by atomic mass is 10.1. The minimum absolute atomic E-state index is 0.197. The molecule has 3 aromatic rings. The van der Waals surface area contributed by atoms with E-state index in [9.17, 15) is 4.79 Å². The number of nitrogens with one attached hydrogen (secondary N) is 2. The number of nitrogens with zero attached hydrogens (tertiary/aromatic N) is 1. The van der Waals surface area contributed by atoms with Crippen molar-refractivity contribution in [1.82, 2.24) is 4.98 Å². The van der Waals surface area contributed by atoms with Crippen molar-refractivity contribution in [2.45, 2.75) is 6.92 Å². The first-order valence-corrected chi connectivity index (χ1v) is 7.04. The Kier molecular flexibility index (Phi) is 2.29. The smallest absolute Gasteiger partial charge is 0.278 e. The van der Waals surface area contributed by atoms with E-state index in [2.05, 4.69) is 31.8 Å². The van der Waals surface area contributed by atoms with Crippen molar-refractivity contribution in [2.75, 3.05) is 10.9 Å². The van der Waals surface area contributed by atoms with Crippen LogP contribution in [0.1, 0.15) is 5.56 Å². The summed E-state index contributed by atoms with van der Waals surface area (Å²) in [5.41, 5.74) is 9.67. The maximum atomic E-state index is 12.3. The van der Waals surface area contributed by atoms with E-state index in [4.69, 9.17) is 0 Å². The number of anilines is 2. The second-order valence-electron chi connectivity index (χ2n) is 4.86. The summed E-state index contributed by atoms with van der Waals surface area (Å²) in [4.78, 5) is 16.7. The molecule has 98 valence electrons. The molecule has 0 saturated heterocycles. The standard InChI is InChI=1S/C15H10BrN3O/c1-7-6-10(16)14-11-12(7)17-15(20)9-5-3-2-4-8(9)13(11)18-19-14/h2-6,18-19H,1H3. The maximum absolute atomic E-state index is 12.3.